The molecule has 1 aromatic heterocycles. The highest BCUT2D eigenvalue weighted by molar-refractivity contribution is 7.85. The average molecular weight is 479 g/mol. The van der Waals surface area contributed by atoms with Gasteiger partial charge in [-0.3, -0.25) is 8.98 Å². The summed E-state index contributed by atoms with van der Waals surface area (Å²) in [7, 11) is -2.42. The summed E-state index contributed by atoms with van der Waals surface area (Å²) in [5.41, 5.74) is 1.08. The lowest BCUT2D eigenvalue weighted by Crippen LogP contribution is -2.27. The summed E-state index contributed by atoms with van der Waals surface area (Å²) in [6, 6.07) is 12.7. The second-order valence-electron chi connectivity index (χ2n) is 6.81. The number of ether oxygens (including phenoxy) is 1. The standard InChI is InChI=1S/C22H20ClFN2O5S/c1-30-21-10-7-16(12-19(21)24)20-13-17(14-31-32(2,28)29)22(27)26(25-20)11-3-4-15-5-8-18(23)9-6-15/h3-10,12-13H,11,14H2,1-2H3/b4-3+. The van der Waals surface area contributed by atoms with Crippen molar-refractivity contribution < 1.29 is 21.7 Å². The van der Waals surface area contributed by atoms with Crippen molar-refractivity contribution in [3.05, 3.63) is 86.9 Å². The number of hydrogen-bond acceptors (Lipinski definition) is 6. The van der Waals surface area contributed by atoms with Crippen LogP contribution >= 0.6 is 11.6 Å². The summed E-state index contributed by atoms with van der Waals surface area (Å²) in [6.07, 6.45) is 4.40. The first-order valence-electron chi connectivity index (χ1n) is 9.38. The maximum Gasteiger partial charge on any atom is 0.272 e. The van der Waals surface area contributed by atoms with Crippen LogP contribution in [0.4, 0.5) is 4.39 Å². The molecule has 0 atom stereocenters. The minimum Gasteiger partial charge on any atom is -0.494 e. The topological polar surface area (TPSA) is 87.5 Å². The van der Waals surface area contributed by atoms with Gasteiger partial charge in [0.05, 0.1) is 32.2 Å². The van der Waals surface area contributed by atoms with Crippen molar-refractivity contribution in [2.45, 2.75) is 13.2 Å². The third-order valence-corrected chi connectivity index (χ3v) is 5.18. The molecule has 0 saturated heterocycles. The molecule has 3 rings (SSSR count). The molecule has 0 saturated carbocycles. The van der Waals surface area contributed by atoms with Crippen molar-refractivity contribution in [2.75, 3.05) is 13.4 Å². The van der Waals surface area contributed by atoms with E-state index in [9.17, 15) is 17.6 Å². The molecule has 1 heterocycles. The maximum absolute atomic E-state index is 14.2. The molecule has 0 amide bonds. The molecule has 0 unspecified atom stereocenters. The number of benzene rings is 2. The average Bonchev–Trinajstić information content (AvgIpc) is 2.74. The van der Waals surface area contributed by atoms with Gasteiger partial charge in [-0.2, -0.15) is 13.5 Å². The van der Waals surface area contributed by atoms with Crippen LogP contribution in [-0.4, -0.2) is 31.6 Å². The molecule has 10 heteroatoms. The van der Waals surface area contributed by atoms with E-state index in [2.05, 4.69) is 5.10 Å². The SMILES string of the molecule is COc1ccc(-c2cc(COS(C)(=O)=O)c(=O)n(C/C=C/c3ccc(Cl)cc3)n2)cc1F. The second kappa shape index (κ2) is 10.1. The van der Waals surface area contributed by atoms with E-state index in [1.807, 2.05) is 12.1 Å². The molecule has 168 valence electrons. The molecule has 0 radical (unpaired) electrons. The normalized spacial score (nSPS) is 11.8. The number of rotatable bonds is 8. The maximum atomic E-state index is 14.2. The Morgan fingerprint density at radius 1 is 1.16 bits per heavy atom. The molecular formula is C22H20ClFN2O5S. The molecule has 0 aliphatic heterocycles. The van der Waals surface area contributed by atoms with Crippen molar-refractivity contribution in [3.63, 3.8) is 0 Å². The van der Waals surface area contributed by atoms with Crippen LogP contribution in [0.1, 0.15) is 11.1 Å². The van der Waals surface area contributed by atoms with Crippen LogP contribution in [0.25, 0.3) is 17.3 Å². The monoisotopic (exact) mass is 478 g/mol. The molecule has 3 aromatic rings. The number of aromatic nitrogens is 2. The zero-order valence-electron chi connectivity index (χ0n) is 17.3. The second-order valence-corrected chi connectivity index (χ2v) is 8.89. The van der Waals surface area contributed by atoms with Gasteiger partial charge in [-0.1, -0.05) is 35.9 Å². The molecule has 2 aromatic carbocycles. The molecule has 32 heavy (non-hydrogen) atoms. The Balaban J connectivity index is 1.98. The zero-order valence-corrected chi connectivity index (χ0v) is 18.9. The predicted octanol–water partition coefficient (Wildman–Crippen LogP) is 3.90. The van der Waals surface area contributed by atoms with Gasteiger partial charge in [0.25, 0.3) is 15.7 Å². The summed E-state index contributed by atoms with van der Waals surface area (Å²) in [5, 5.41) is 4.92. The number of hydrogen-bond donors (Lipinski definition) is 0. The van der Waals surface area contributed by atoms with Gasteiger partial charge in [0.2, 0.25) is 0 Å². The van der Waals surface area contributed by atoms with Crippen LogP contribution < -0.4 is 10.3 Å². The molecule has 0 bridgehead atoms. The van der Waals surface area contributed by atoms with Gasteiger partial charge in [-0.25, -0.2) is 9.07 Å². The minimum absolute atomic E-state index is 0.0635. The van der Waals surface area contributed by atoms with Gasteiger partial charge in [-0.15, -0.1) is 0 Å². The van der Waals surface area contributed by atoms with Gasteiger partial charge in [0, 0.05) is 16.1 Å². The Hall–Kier alpha value is -3.01. The summed E-state index contributed by atoms with van der Waals surface area (Å²) in [6.45, 7) is -0.369. The first-order valence-corrected chi connectivity index (χ1v) is 11.6. The molecule has 0 fully saturated rings. The Kier molecular flexibility index (Phi) is 7.44. The summed E-state index contributed by atoms with van der Waals surface area (Å²) in [5.74, 6) is -0.533. The van der Waals surface area contributed by atoms with Crippen molar-refractivity contribution in [1.82, 2.24) is 9.78 Å². The third-order valence-electron chi connectivity index (χ3n) is 4.38. The van der Waals surface area contributed by atoms with E-state index in [-0.39, 0.29) is 23.6 Å². The lowest BCUT2D eigenvalue weighted by molar-refractivity contribution is 0.308. The first-order chi connectivity index (χ1) is 15.2. The Bertz CT molecular complexity index is 1300. The lowest BCUT2D eigenvalue weighted by atomic mass is 10.1. The Morgan fingerprint density at radius 2 is 1.88 bits per heavy atom. The molecule has 0 N–H and O–H groups in total. The predicted molar refractivity (Wildman–Crippen MR) is 121 cm³/mol. The van der Waals surface area contributed by atoms with Crippen molar-refractivity contribution in [3.8, 4) is 17.0 Å². The van der Waals surface area contributed by atoms with E-state index in [1.54, 1.807) is 30.4 Å². The van der Waals surface area contributed by atoms with Crippen LogP contribution in [0.2, 0.25) is 5.02 Å². The number of halogens is 2. The van der Waals surface area contributed by atoms with Gasteiger partial charge in [-0.05, 0) is 42.0 Å². The van der Waals surface area contributed by atoms with Crippen LogP contribution in [0.5, 0.6) is 5.75 Å². The van der Waals surface area contributed by atoms with E-state index >= 15 is 0 Å². The molecule has 7 nitrogen and oxygen atoms in total. The highest BCUT2D eigenvalue weighted by Crippen LogP contribution is 2.24. The van der Waals surface area contributed by atoms with E-state index in [4.69, 9.17) is 20.5 Å². The molecule has 0 spiro atoms. The molecule has 0 aliphatic carbocycles. The number of allylic oxidation sites excluding steroid dienone is 1. The summed E-state index contributed by atoms with van der Waals surface area (Å²) >= 11 is 5.88. The number of methoxy groups -OCH3 is 1. The van der Waals surface area contributed by atoms with Crippen LogP contribution in [-0.2, 0) is 27.5 Å². The fourth-order valence-corrected chi connectivity index (χ4v) is 3.29. The Labute approximate surface area is 189 Å². The van der Waals surface area contributed by atoms with Crippen molar-refractivity contribution >= 4 is 27.8 Å². The van der Waals surface area contributed by atoms with Crippen LogP contribution in [0, 0.1) is 5.82 Å². The van der Waals surface area contributed by atoms with Gasteiger partial charge >= 0.3 is 0 Å². The lowest BCUT2D eigenvalue weighted by Gasteiger charge is -2.10. The first kappa shape index (κ1) is 23.6. The van der Waals surface area contributed by atoms with Gasteiger partial charge < -0.3 is 4.74 Å². The largest absolute Gasteiger partial charge is 0.494 e. The fraction of sp³-hybridized carbons (Fsp3) is 0.182. The fourth-order valence-electron chi connectivity index (χ4n) is 2.82. The van der Waals surface area contributed by atoms with E-state index in [1.165, 1.54) is 25.3 Å². The van der Waals surface area contributed by atoms with Crippen molar-refractivity contribution in [2.24, 2.45) is 0 Å². The van der Waals surface area contributed by atoms with Gasteiger partial charge in [0.15, 0.2) is 11.6 Å². The third kappa shape index (κ3) is 6.25. The van der Waals surface area contributed by atoms with Crippen molar-refractivity contribution in [1.29, 1.82) is 0 Å². The summed E-state index contributed by atoms with van der Waals surface area (Å²) < 4.78 is 47.9. The number of nitrogens with zero attached hydrogens (tertiary/aromatic N) is 2. The minimum atomic E-state index is -3.77. The summed E-state index contributed by atoms with van der Waals surface area (Å²) in [4.78, 5) is 12.8. The van der Waals surface area contributed by atoms with Crippen LogP contribution in [0.3, 0.4) is 0 Å². The van der Waals surface area contributed by atoms with E-state index in [0.29, 0.717) is 10.6 Å². The zero-order chi connectivity index (χ0) is 23.3. The van der Waals surface area contributed by atoms with E-state index in [0.717, 1.165) is 16.5 Å². The quantitative estimate of drug-likeness (QED) is 0.456. The highest BCUT2D eigenvalue weighted by Gasteiger charge is 2.14. The molecular weight excluding hydrogens is 459 g/mol. The van der Waals surface area contributed by atoms with Gasteiger partial charge in [0.1, 0.15) is 0 Å². The molecule has 0 aliphatic rings. The van der Waals surface area contributed by atoms with Crippen LogP contribution in [0.15, 0.2) is 59.4 Å². The highest BCUT2D eigenvalue weighted by atomic mass is 35.5. The Morgan fingerprint density at radius 3 is 2.50 bits per heavy atom. The van der Waals surface area contributed by atoms with E-state index < -0.39 is 28.1 Å². The smallest absolute Gasteiger partial charge is 0.272 e.